The number of hydrogen-bond donors (Lipinski definition) is 2. The van der Waals surface area contributed by atoms with E-state index in [9.17, 15) is 4.79 Å². The minimum absolute atomic E-state index is 0.0715. The second kappa shape index (κ2) is 5.91. The van der Waals surface area contributed by atoms with Crippen LogP contribution in [-0.4, -0.2) is 22.7 Å². The highest BCUT2D eigenvalue weighted by atomic mass is 35.5. The molecule has 24 heavy (non-hydrogen) atoms. The van der Waals surface area contributed by atoms with Gasteiger partial charge in [0.15, 0.2) is 5.29 Å². The van der Waals surface area contributed by atoms with Crippen molar-refractivity contribution < 1.29 is 4.79 Å². The van der Waals surface area contributed by atoms with Gasteiger partial charge in [0.2, 0.25) is 5.91 Å². The van der Waals surface area contributed by atoms with Crippen molar-refractivity contribution in [1.29, 1.82) is 0 Å². The number of halogens is 1. The van der Waals surface area contributed by atoms with Gasteiger partial charge in [-0.05, 0) is 60.0 Å². The quantitative estimate of drug-likeness (QED) is 0.840. The Morgan fingerprint density at radius 1 is 1.29 bits per heavy atom. The van der Waals surface area contributed by atoms with Gasteiger partial charge in [0.25, 0.3) is 0 Å². The second-order valence-corrected chi connectivity index (χ2v) is 6.59. The van der Waals surface area contributed by atoms with Crippen molar-refractivity contribution in [1.82, 2.24) is 10.3 Å². The number of hydrogen-bond acceptors (Lipinski definition) is 4. The minimum atomic E-state index is 0.0715. The Morgan fingerprint density at radius 3 is 2.88 bits per heavy atom. The van der Waals surface area contributed by atoms with Crippen molar-refractivity contribution in [3.63, 3.8) is 0 Å². The summed E-state index contributed by atoms with van der Waals surface area (Å²) < 4.78 is 0. The molecular weight excluding hydrogens is 324 g/mol. The number of aromatic nitrogens is 1. The minimum Gasteiger partial charge on any atom is -0.334 e. The van der Waals surface area contributed by atoms with Gasteiger partial charge in [-0.1, -0.05) is 12.1 Å². The highest BCUT2D eigenvalue weighted by molar-refractivity contribution is 6.65. The van der Waals surface area contributed by atoms with E-state index in [1.807, 2.05) is 19.1 Å². The zero-order valence-electron chi connectivity index (χ0n) is 13.3. The van der Waals surface area contributed by atoms with E-state index in [-0.39, 0.29) is 11.8 Å². The number of fused-ring (bicyclic) bond motifs is 1. The summed E-state index contributed by atoms with van der Waals surface area (Å²) in [4.78, 5) is 20.4. The van der Waals surface area contributed by atoms with Crippen LogP contribution in [0.2, 0.25) is 0 Å². The first-order valence-corrected chi connectivity index (χ1v) is 8.36. The molecule has 2 heterocycles. The Kier molecular flexibility index (Phi) is 3.73. The Hall–Kier alpha value is -2.40. The lowest BCUT2D eigenvalue weighted by atomic mass is 10.0. The van der Waals surface area contributed by atoms with E-state index in [4.69, 9.17) is 11.6 Å². The molecule has 2 aromatic rings. The van der Waals surface area contributed by atoms with Crippen LogP contribution in [0, 0.1) is 5.92 Å². The highest BCUT2D eigenvalue weighted by Crippen LogP contribution is 2.30. The molecule has 0 radical (unpaired) electrons. The number of amides is 1. The van der Waals surface area contributed by atoms with Gasteiger partial charge in [-0.3, -0.25) is 9.79 Å². The van der Waals surface area contributed by atoms with Crippen molar-refractivity contribution in [2.75, 3.05) is 11.9 Å². The molecule has 0 unspecified atom stereocenters. The first-order valence-electron chi connectivity index (χ1n) is 7.98. The normalized spacial score (nSPS) is 17.5. The van der Waals surface area contributed by atoms with Gasteiger partial charge in [0.1, 0.15) is 5.82 Å². The molecule has 0 saturated heterocycles. The number of anilines is 1. The monoisotopic (exact) mass is 340 g/mol. The fraction of sp³-hybridized carbons (Fsp3) is 0.278. The van der Waals surface area contributed by atoms with Crippen LogP contribution in [-0.2, 0) is 4.79 Å². The maximum atomic E-state index is 11.8. The fourth-order valence-corrected chi connectivity index (χ4v) is 3.02. The molecule has 5 nitrogen and oxygen atoms in total. The SMILES string of the molecule is CC1=C(c2ccc3cc(NC(=O)C4CC4)ncc3c2)CN=C(Cl)N1. The highest BCUT2D eigenvalue weighted by Gasteiger charge is 2.29. The van der Waals surface area contributed by atoms with Crippen LogP contribution < -0.4 is 10.6 Å². The van der Waals surface area contributed by atoms with E-state index in [1.165, 1.54) is 0 Å². The van der Waals surface area contributed by atoms with Gasteiger partial charge < -0.3 is 10.6 Å². The Bertz CT molecular complexity index is 899. The lowest BCUT2D eigenvalue weighted by Crippen LogP contribution is -2.22. The number of pyridine rings is 1. The molecule has 1 aliphatic carbocycles. The van der Waals surface area contributed by atoms with Crippen LogP contribution in [0.4, 0.5) is 5.82 Å². The molecule has 0 bridgehead atoms. The molecule has 1 aliphatic heterocycles. The van der Waals surface area contributed by atoms with E-state index >= 15 is 0 Å². The van der Waals surface area contributed by atoms with Crippen LogP contribution >= 0.6 is 11.6 Å². The number of rotatable bonds is 3. The Morgan fingerprint density at radius 2 is 2.12 bits per heavy atom. The number of carbonyl (C=O) groups excluding carboxylic acids is 1. The summed E-state index contributed by atoms with van der Waals surface area (Å²) in [6.07, 6.45) is 3.76. The third-order valence-electron chi connectivity index (χ3n) is 4.39. The zero-order valence-corrected chi connectivity index (χ0v) is 14.0. The average molecular weight is 341 g/mol. The van der Waals surface area contributed by atoms with Crippen molar-refractivity contribution in [2.45, 2.75) is 19.8 Å². The smallest absolute Gasteiger partial charge is 0.228 e. The van der Waals surface area contributed by atoms with Crippen molar-refractivity contribution >= 4 is 45.0 Å². The summed E-state index contributed by atoms with van der Waals surface area (Å²) in [6.45, 7) is 2.55. The van der Waals surface area contributed by atoms with Crippen LogP contribution in [0.15, 0.2) is 41.2 Å². The zero-order chi connectivity index (χ0) is 16.7. The molecule has 0 spiro atoms. The number of carbonyl (C=O) groups is 1. The lowest BCUT2D eigenvalue weighted by molar-refractivity contribution is -0.117. The summed E-state index contributed by atoms with van der Waals surface area (Å²) in [5.74, 6) is 0.853. The lowest BCUT2D eigenvalue weighted by Gasteiger charge is -2.17. The van der Waals surface area contributed by atoms with Crippen molar-refractivity contribution in [2.24, 2.45) is 10.9 Å². The van der Waals surface area contributed by atoms with Crippen LogP contribution in [0.25, 0.3) is 16.3 Å². The molecule has 1 aromatic heterocycles. The predicted octanol–water partition coefficient (Wildman–Crippen LogP) is 3.51. The number of nitrogens with one attached hydrogen (secondary N) is 2. The van der Waals surface area contributed by atoms with E-state index in [0.717, 1.165) is 40.4 Å². The summed E-state index contributed by atoms with van der Waals surface area (Å²) in [6, 6.07) is 8.10. The summed E-state index contributed by atoms with van der Waals surface area (Å²) >= 11 is 5.91. The fourth-order valence-electron chi connectivity index (χ4n) is 2.82. The first kappa shape index (κ1) is 15.1. The van der Waals surface area contributed by atoms with Crippen LogP contribution in [0.1, 0.15) is 25.3 Å². The second-order valence-electron chi connectivity index (χ2n) is 6.23. The van der Waals surface area contributed by atoms with Crippen LogP contribution in [0.3, 0.4) is 0 Å². The molecule has 1 saturated carbocycles. The average Bonchev–Trinajstić information content (AvgIpc) is 3.39. The Labute approximate surface area is 144 Å². The van der Waals surface area contributed by atoms with Crippen molar-refractivity contribution in [3.8, 4) is 0 Å². The first-order chi connectivity index (χ1) is 11.6. The third kappa shape index (κ3) is 2.99. The van der Waals surface area contributed by atoms with Crippen molar-refractivity contribution in [3.05, 3.63) is 41.7 Å². The topological polar surface area (TPSA) is 66.4 Å². The van der Waals surface area contributed by atoms with E-state index in [0.29, 0.717) is 17.7 Å². The van der Waals surface area contributed by atoms with E-state index in [1.54, 1.807) is 6.20 Å². The Balaban J connectivity index is 1.62. The van der Waals surface area contributed by atoms with E-state index in [2.05, 4.69) is 32.7 Å². The largest absolute Gasteiger partial charge is 0.334 e. The number of benzene rings is 1. The molecular formula is C18H17ClN4O. The number of aliphatic imine (C=N–C) groups is 1. The molecule has 122 valence electrons. The molecule has 6 heteroatoms. The number of amidine groups is 1. The van der Waals surface area contributed by atoms with Gasteiger partial charge in [0, 0.05) is 23.2 Å². The van der Waals surface area contributed by atoms with Gasteiger partial charge >= 0.3 is 0 Å². The van der Waals surface area contributed by atoms with Gasteiger partial charge in [0.05, 0.1) is 6.54 Å². The van der Waals surface area contributed by atoms with Gasteiger partial charge in [-0.25, -0.2) is 4.98 Å². The summed E-state index contributed by atoms with van der Waals surface area (Å²) in [5, 5.41) is 8.44. The van der Waals surface area contributed by atoms with Gasteiger partial charge in [-0.15, -0.1) is 0 Å². The summed E-state index contributed by atoms with van der Waals surface area (Å²) in [5.41, 5.74) is 3.22. The molecule has 1 aromatic carbocycles. The summed E-state index contributed by atoms with van der Waals surface area (Å²) in [7, 11) is 0. The molecule has 2 N–H and O–H groups in total. The number of nitrogens with zero attached hydrogens (tertiary/aromatic N) is 2. The third-order valence-corrected chi connectivity index (χ3v) is 4.60. The molecule has 1 amide bonds. The van der Waals surface area contributed by atoms with Crippen LogP contribution in [0.5, 0.6) is 0 Å². The van der Waals surface area contributed by atoms with Gasteiger partial charge in [-0.2, -0.15) is 0 Å². The maximum Gasteiger partial charge on any atom is 0.228 e. The maximum absolute atomic E-state index is 11.8. The molecule has 4 rings (SSSR count). The number of allylic oxidation sites excluding steroid dienone is 1. The predicted molar refractivity (Wildman–Crippen MR) is 97.0 cm³/mol. The standard InChI is InChI=1S/C18H17ClN4O/c1-10-15(9-21-18(19)22-10)13-5-4-12-7-16(20-8-14(12)6-13)23-17(24)11-2-3-11/h4-8,11H,2-3,9H2,1H3,(H,21,22)(H,20,23,24). The van der Waals surface area contributed by atoms with E-state index < -0.39 is 0 Å². The molecule has 0 atom stereocenters. The molecule has 2 aliphatic rings. The molecule has 1 fully saturated rings.